The van der Waals surface area contributed by atoms with Crippen LogP contribution < -0.4 is 18.9 Å². The van der Waals surface area contributed by atoms with Crippen molar-refractivity contribution in [1.29, 1.82) is 0 Å². The molecular formula is C22H18F3NO7S. The number of anilines is 1. The van der Waals surface area contributed by atoms with Crippen LogP contribution in [0.4, 0.5) is 18.9 Å². The van der Waals surface area contributed by atoms with Crippen molar-refractivity contribution in [2.45, 2.75) is 11.3 Å². The molecule has 0 saturated heterocycles. The summed E-state index contributed by atoms with van der Waals surface area (Å²) in [6.07, 6.45) is -5.07. The third-order valence-electron chi connectivity index (χ3n) is 4.21. The van der Waals surface area contributed by atoms with E-state index in [1.165, 1.54) is 54.6 Å². The van der Waals surface area contributed by atoms with Crippen molar-refractivity contribution < 1.29 is 45.7 Å². The first-order valence-electron chi connectivity index (χ1n) is 9.61. The zero-order chi connectivity index (χ0) is 24.8. The number of para-hydroxylation sites is 3. The topological polar surface area (TPSA) is 111 Å². The van der Waals surface area contributed by atoms with Crippen LogP contribution in [0.25, 0.3) is 0 Å². The third-order valence-corrected chi connectivity index (χ3v) is 5.61. The number of alkyl halides is 3. The third kappa shape index (κ3) is 6.78. The molecule has 0 atom stereocenters. The van der Waals surface area contributed by atoms with E-state index in [-0.39, 0.29) is 30.2 Å². The van der Waals surface area contributed by atoms with Gasteiger partial charge in [-0.05, 0) is 48.5 Å². The van der Waals surface area contributed by atoms with Gasteiger partial charge in [-0.2, -0.15) is 0 Å². The molecule has 0 fully saturated rings. The molecular weight excluding hydrogens is 479 g/mol. The smallest absolute Gasteiger partial charge is 0.490 e. The molecule has 0 aliphatic rings. The first-order valence-corrected chi connectivity index (χ1v) is 11.1. The minimum absolute atomic E-state index is 0.00452. The first kappa shape index (κ1) is 24.7. The van der Waals surface area contributed by atoms with Gasteiger partial charge in [0.05, 0.1) is 11.3 Å². The normalized spacial score (nSPS) is 11.5. The molecule has 0 spiro atoms. The molecule has 0 aromatic heterocycles. The van der Waals surface area contributed by atoms with Gasteiger partial charge in [-0.3, -0.25) is 4.72 Å². The average Bonchev–Trinajstić information content (AvgIpc) is 2.77. The maximum Gasteiger partial charge on any atom is 0.573 e. The summed E-state index contributed by atoms with van der Waals surface area (Å²) in [7, 11) is -4.46. The summed E-state index contributed by atoms with van der Waals surface area (Å²) in [6.45, 7) is 0.0446. The highest BCUT2D eigenvalue weighted by molar-refractivity contribution is 7.92. The molecule has 34 heavy (non-hydrogen) atoms. The Hall–Kier alpha value is -3.93. The fourth-order valence-corrected chi connectivity index (χ4v) is 3.96. The molecule has 8 nitrogen and oxygen atoms in total. The second kappa shape index (κ2) is 10.3. The van der Waals surface area contributed by atoms with Crippen molar-refractivity contribution >= 4 is 21.7 Å². The molecule has 0 radical (unpaired) electrons. The van der Waals surface area contributed by atoms with Gasteiger partial charge in [0.2, 0.25) is 0 Å². The molecule has 2 N–H and O–H groups in total. The number of benzene rings is 3. The number of sulfonamides is 1. The van der Waals surface area contributed by atoms with E-state index in [0.29, 0.717) is 5.75 Å². The van der Waals surface area contributed by atoms with E-state index in [1.54, 1.807) is 6.07 Å². The van der Waals surface area contributed by atoms with Crippen molar-refractivity contribution in [2.75, 3.05) is 17.9 Å². The van der Waals surface area contributed by atoms with E-state index < -0.39 is 33.0 Å². The first-order chi connectivity index (χ1) is 16.0. The molecule has 0 heterocycles. The number of ether oxygens (including phenoxy) is 3. The monoisotopic (exact) mass is 497 g/mol. The van der Waals surface area contributed by atoms with Gasteiger partial charge in [-0.15, -0.1) is 13.2 Å². The van der Waals surface area contributed by atoms with E-state index >= 15 is 0 Å². The summed E-state index contributed by atoms with van der Waals surface area (Å²) in [5.74, 6) is -1.42. The number of rotatable bonds is 10. The highest BCUT2D eigenvalue weighted by Gasteiger charge is 2.34. The zero-order valence-corrected chi connectivity index (χ0v) is 18.1. The Labute approximate surface area is 192 Å². The largest absolute Gasteiger partial charge is 0.573 e. The average molecular weight is 497 g/mol. The lowest BCUT2D eigenvalue weighted by molar-refractivity contribution is -0.275. The van der Waals surface area contributed by atoms with Gasteiger partial charge in [-0.1, -0.05) is 24.3 Å². The molecule has 12 heteroatoms. The SMILES string of the molecule is O=C(O)c1ccc(OCCOc2ccccc2NS(=O)(=O)c2ccccc2OC(F)(F)F)cc1. The quantitative estimate of drug-likeness (QED) is 0.396. The summed E-state index contributed by atoms with van der Waals surface area (Å²) >= 11 is 0. The molecule has 0 bridgehead atoms. The van der Waals surface area contributed by atoms with Gasteiger partial charge < -0.3 is 19.3 Å². The van der Waals surface area contributed by atoms with Crippen LogP contribution in [-0.4, -0.2) is 39.1 Å². The molecule has 3 aromatic rings. The summed E-state index contributed by atoms with van der Waals surface area (Å²) in [4.78, 5) is 10.2. The number of halogens is 3. The fraction of sp³-hybridized carbons (Fsp3) is 0.136. The molecule has 0 aliphatic carbocycles. The number of carboxylic acids is 1. The van der Waals surface area contributed by atoms with E-state index in [1.807, 2.05) is 0 Å². The van der Waals surface area contributed by atoms with Crippen molar-refractivity contribution in [3.8, 4) is 17.2 Å². The van der Waals surface area contributed by atoms with Gasteiger partial charge >= 0.3 is 12.3 Å². The summed E-state index contributed by atoms with van der Waals surface area (Å²) in [6, 6.07) is 16.0. The maximum absolute atomic E-state index is 12.8. The highest BCUT2D eigenvalue weighted by atomic mass is 32.2. The van der Waals surface area contributed by atoms with E-state index in [9.17, 15) is 26.4 Å². The maximum atomic E-state index is 12.8. The molecule has 3 aromatic carbocycles. The Morgan fingerprint density at radius 3 is 2.09 bits per heavy atom. The molecule has 0 saturated carbocycles. The number of aromatic carboxylic acids is 1. The van der Waals surface area contributed by atoms with E-state index in [2.05, 4.69) is 9.46 Å². The molecule has 180 valence electrons. The van der Waals surface area contributed by atoms with Crippen LogP contribution >= 0.6 is 0 Å². The van der Waals surface area contributed by atoms with Crippen LogP contribution in [0.1, 0.15) is 10.4 Å². The summed E-state index contributed by atoms with van der Waals surface area (Å²) < 4.78 is 80.6. The minimum atomic E-state index is -5.07. The summed E-state index contributed by atoms with van der Waals surface area (Å²) in [5, 5.41) is 8.89. The molecule has 0 amide bonds. The lowest BCUT2D eigenvalue weighted by Gasteiger charge is -2.16. The second-order valence-electron chi connectivity index (χ2n) is 6.62. The molecule has 0 aliphatic heterocycles. The Bertz CT molecular complexity index is 1250. The Balaban J connectivity index is 1.67. The number of carboxylic acid groups (broad SMARTS) is 1. The van der Waals surface area contributed by atoms with Crippen molar-refractivity contribution in [3.05, 3.63) is 78.4 Å². The van der Waals surface area contributed by atoms with Crippen molar-refractivity contribution in [1.82, 2.24) is 0 Å². The number of carbonyl (C=O) groups is 1. The lowest BCUT2D eigenvalue weighted by Crippen LogP contribution is -2.21. The highest BCUT2D eigenvalue weighted by Crippen LogP contribution is 2.32. The molecule has 3 rings (SSSR count). The van der Waals surface area contributed by atoms with Crippen LogP contribution in [0.2, 0.25) is 0 Å². The van der Waals surface area contributed by atoms with E-state index in [4.69, 9.17) is 14.6 Å². The van der Waals surface area contributed by atoms with Gasteiger partial charge in [0, 0.05) is 0 Å². The Morgan fingerprint density at radius 2 is 1.44 bits per heavy atom. The minimum Gasteiger partial charge on any atom is -0.490 e. The van der Waals surface area contributed by atoms with Crippen molar-refractivity contribution in [2.24, 2.45) is 0 Å². The number of hydrogen-bond donors (Lipinski definition) is 2. The van der Waals surface area contributed by atoms with Crippen LogP contribution in [0.5, 0.6) is 17.2 Å². The number of hydrogen-bond acceptors (Lipinski definition) is 6. The predicted octanol–water partition coefficient (Wildman–Crippen LogP) is 4.54. The van der Waals surface area contributed by atoms with Gasteiger partial charge in [0.1, 0.15) is 35.4 Å². The fourth-order valence-electron chi connectivity index (χ4n) is 2.76. The zero-order valence-electron chi connectivity index (χ0n) is 17.3. The Kier molecular flexibility index (Phi) is 7.51. The molecule has 0 unspecified atom stereocenters. The Morgan fingerprint density at radius 1 is 0.853 bits per heavy atom. The van der Waals surface area contributed by atoms with Gasteiger partial charge in [0.15, 0.2) is 0 Å². The predicted molar refractivity (Wildman–Crippen MR) is 115 cm³/mol. The van der Waals surface area contributed by atoms with Gasteiger partial charge in [-0.25, -0.2) is 13.2 Å². The van der Waals surface area contributed by atoms with E-state index in [0.717, 1.165) is 12.1 Å². The standard InChI is InChI=1S/C22H18F3NO7S/c23-22(24,25)33-19-7-3-4-8-20(19)34(29,30)26-17-5-1-2-6-18(17)32-14-13-31-16-11-9-15(10-12-16)21(27)28/h1-12,26H,13-14H2,(H,27,28). The lowest BCUT2D eigenvalue weighted by atomic mass is 10.2. The van der Waals surface area contributed by atoms with Crippen LogP contribution in [0.3, 0.4) is 0 Å². The van der Waals surface area contributed by atoms with Crippen LogP contribution in [0, 0.1) is 0 Å². The van der Waals surface area contributed by atoms with Crippen LogP contribution in [-0.2, 0) is 10.0 Å². The van der Waals surface area contributed by atoms with Crippen molar-refractivity contribution in [3.63, 3.8) is 0 Å². The van der Waals surface area contributed by atoms with Gasteiger partial charge in [0.25, 0.3) is 10.0 Å². The summed E-state index contributed by atoms with van der Waals surface area (Å²) in [5.41, 5.74) is 0.0992. The second-order valence-corrected chi connectivity index (χ2v) is 8.27. The number of nitrogens with one attached hydrogen (secondary N) is 1. The van der Waals surface area contributed by atoms with Crippen LogP contribution in [0.15, 0.2) is 77.7 Å².